The fourth-order valence-electron chi connectivity index (χ4n) is 1.52. The topological polar surface area (TPSA) is 56.8 Å². The largest absolute Gasteiger partial charge is 0.497 e. The molecule has 0 saturated heterocycles. The number of nitriles is 2. The van der Waals surface area contributed by atoms with Gasteiger partial charge in [0.2, 0.25) is 0 Å². The predicted molar refractivity (Wildman–Crippen MR) is 78.1 cm³/mol. The Hall–Kier alpha value is -2.78. The van der Waals surface area contributed by atoms with Gasteiger partial charge >= 0.3 is 0 Å². The van der Waals surface area contributed by atoms with Gasteiger partial charge in [-0.1, -0.05) is 42.5 Å². The minimum Gasteiger partial charge on any atom is -0.497 e. The molecule has 2 aromatic rings. The van der Waals surface area contributed by atoms with Crippen molar-refractivity contribution < 1.29 is 4.74 Å². The Balaban J connectivity index is 0.000000204. The van der Waals surface area contributed by atoms with Crippen LogP contribution < -0.4 is 4.74 Å². The molecule has 0 aliphatic heterocycles. The summed E-state index contributed by atoms with van der Waals surface area (Å²) in [5.41, 5.74) is 2.10. The third-order valence-electron chi connectivity index (χ3n) is 2.57. The molecular weight excluding hydrogens is 248 g/mol. The molecule has 0 aliphatic rings. The van der Waals surface area contributed by atoms with E-state index < -0.39 is 0 Å². The van der Waals surface area contributed by atoms with Crippen LogP contribution in [0, 0.1) is 22.7 Å². The van der Waals surface area contributed by atoms with E-state index in [1.165, 1.54) is 0 Å². The van der Waals surface area contributed by atoms with Crippen LogP contribution in [0.4, 0.5) is 0 Å². The number of ether oxygens (including phenoxy) is 1. The molecule has 0 aliphatic carbocycles. The summed E-state index contributed by atoms with van der Waals surface area (Å²) >= 11 is 0. The van der Waals surface area contributed by atoms with Crippen LogP contribution in [0.3, 0.4) is 0 Å². The van der Waals surface area contributed by atoms with Gasteiger partial charge in [0.1, 0.15) is 5.75 Å². The lowest BCUT2D eigenvalue weighted by Crippen LogP contribution is -1.84. The van der Waals surface area contributed by atoms with Crippen molar-refractivity contribution in [3.8, 4) is 17.9 Å². The van der Waals surface area contributed by atoms with Crippen LogP contribution in [0.5, 0.6) is 5.75 Å². The van der Waals surface area contributed by atoms with Crippen molar-refractivity contribution >= 4 is 0 Å². The second kappa shape index (κ2) is 9.19. The highest BCUT2D eigenvalue weighted by Crippen LogP contribution is 2.10. The third-order valence-corrected chi connectivity index (χ3v) is 2.57. The molecule has 3 heteroatoms. The van der Waals surface area contributed by atoms with E-state index in [-0.39, 0.29) is 0 Å². The SMILES string of the molecule is COc1ccc(CC#N)cc1.N#CCc1ccccc1. The second-order valence-corrected chi connectivity index (χ2v) is 4.00. The van der Waals surface area contributed by atoms with Crippen molar-refractivity contribution in [1.29, 1.82) is 10.5 Å². The Bertz CT molecular complexity index is 577. The molecule has 0 fully saturated rings. The first kappa shape index (κ1) is 15.3. The van der Waals surface area contributed by atoms with Gasteiger partial charge in [0.15, 0.2) is 0 Å². The summed E-state index contributed by atoms with van der Waals surface area (Å²) in [6.07, 6.45) is 0.977. The molecule has 0 aromatic heterocycles. The summed E-state index contributed by atoms with van der Waals surface area (Å²) in [6, 6.07) is 21.4. The van der Waals surface area contributed by atoms with Crippen LogP contribution in [-0.2, 0) is 12.8 Å². The average molecular weight is 264 g/mol. The van der Waals surface area contributed by atoms with E-state index in [1.54, 1.807) is 7.11 Å². The molecule has 0 bridgehead atoms. The van der Waals surface area contributed by atoms with Crippen molar-refractivity contribution in [3.63, 3.8) is 0 Å². The molecule has 0 atom stereocenters. The van der Waals surface area contributed by atoms with Crippen molar-refractivity contribution in [2.45, 2.75) is 12.8 Å². The Labute approximate surface area is 119 Å². The lowest BCUT2D eigenvalue weighted by atomic mass is 10.2. The monoisotopic (exact) mass is 264 g/mol. The highest BCUT2D eigenvalue weighted by molar-refractivity contribution is 5.28. The number of benzene rings is 2. The smallest absolute Gasteiger partial charge is 0.118 e. The quantitative estimate of drug-likeness (QED) is 0.852. The molecule has 0 heterocycles. The van der Waals surface area contributed by atoms with Crippen LogP contribution in [-0.4, -0.2) is 7.11 Å². The van der Waals surface area contributed by atoms with Crippen LogP contribution in [0.25, 0.3) is 0 Å². The van der Waals surface area contributed by atoms with Gasteiger partial charge in [-0.25, -0.2) is 0 Å². The average Bonchev–Trinajstić information content (AvgIpc) is 2.50. The zero-order valence-corrected chi connectivity index (χ0v) is 11.4. The van der Waals surface area contributed by atoms with E-state index in [0.29, 0.717) is 12.8 Å². The number of nitrogens with zero attached hydrogens (tertiary/aromatic N) is 2. The minimum absolute atomic E-state index is 0.462. The van der Waals surface area contributed by atoms with Gasteiger partial charge in [0.05, 0.1) is 32.1 Å². The van der Waals surface area contributed by atoms with Crippen molar-refractivity contribution in [2.24, 2.45) is 0 Å². The summed E-state index contributed by atoms with van der Waals surface area (Å²) in [5.74, 6) is 0.826. The van der Waals surface area contributed by atoms with E-state index in [1.807, 2.05) is 54.6 Å². The van der Waals surface area contributed by atoms with Gasteiger partial charge in [0.25, 0.3) is 0 Å². The standard InChI is InChI=1S/C9H9NO.C8H7N/c1-11-9-4-2-8(3-5-9)6-7-10;9-7-6-8-4-2-1-3-5-8/h2-5H,6H2,1H3;1-5H,6H2. The fraction of sp³-hybridized carbons (Fsp3) is 0.176. The molecular formula is C17H16N2O. The van der Waals surface area contributed by atoms with E-state index in [9.17, 15) is 0 Å². The molecule has 0 saturated carbocycles. The number of hydrogen-bond acceptors (Lipinski definition) is 3. The van der Waals surface area contributed by atoms with E-state index in [2.05, 4.69) is 12.1 Å². The maximum atomic E-state index is 8.36. The molecule has 0 unspecified atom stereocenters. The molecule has 2 rings (SSSR count). The van der Waals surface area contributed by atoms with E-state index in [4.69, 9.17) is 15.3 Å². The summed E-state index contributed by atoms with van der Waals surface area (Å²) in [5, 5.41) is 16.6. The maximum absolute atomic E-state index is 8.36. The van der Waals surface area contributed by atoms with E-state index in [0.717, 1.165) is 16.9 Å². The number of rotatable bonds is 3. The molecule has 100 valence electrons. The molecule has 0 amide bonds. The highest BCUT2D eigenvalue weighted by atomic mass is 16.5. The normalized spacial score (nSPS) is 8.55. The number of hydrogen-bond donors (Lipinski definition) is 0. The molecule has 3 nitrogen and oxygen atoms in total. The lowest BCUT2D eigenvalue weighted by molar-refractivity contribution is 0.414. The summed E-state index contributed by atoms with van der Waals surface area (Å²) < 4.78 is 4.96. The van der Waals surface area contributed by atoms with E-state index >= 15 is 0 Å². The Kier molecular flexibility index (Phi) is 7.02. The van der Waals surface area contributed by atoms with Crippen LogP contribution in [0.1, 0.15) is 11.1 Å². The molecule has 2 aromatic carbocycles. The van der Waals surface area contributed by atoms with Gasteiger partial charge in [-0.2, -0.15) is 10.5 Å². The molecule has 20 heavy (non-hydrogen) atoms. The van der Waals surface area contributed by atoms with Crippen LogP contribution in [0.15, 0.2) is 54.6 Å². The zero-order chi connectivity index (χ0) is 14.6. The Morgan fingerprint density at radius 1 is 0.800 bits per heavy atom. The molecule has 0 spiro atoms. The Morgan fingerprint density at radius 2 is 1.30 bits per heavy atom. The first-order chi connectivity index (χ1) is 9.80. The third kappa shape index (κ3) is 5.71. The van der Waals surface area contributed by atoms with Crippen molar-refractivity contribution in [1.82, 2.24) is 0 Å². The first-order valence-corrected chi connectivity index (χ1v) is 6.21. The predicted octanol–water partition coefficient (Wildman–Crippen LogP) is 3.51. The minimum atomic E-state index is 0.462. The van der Waals surface area contributed by atoms with Gasteiger partial charge in [0, 0.05) is 0 Å². The molecule has 0 radical (unpaired) electrons. The summed E-state index contributed by atoms with van der Waals surface area (Å²) in [4.78, 5) is 0. The fourth-order valence-corrected chi connectivity index (χ4v) is 1.52. The van der Waals surface area contributed by atoms with Crippen molar-refractivity contribution in [3.05, 3.63) is 65.7 Å². The van der Waals surface area contributed by atoms with Crippen LogP contribution in [0.2, 0.25) is 0 Å². The number of methoxy groups -OCH3 is 1. The zero-order valence-electron chi connectivity index (χ0n) is 11.4. The van der Waals surface area contributed by atoms with Crippen molar-refractivity contribution in [2.75, 3.05) is 7.11 Å². The lowest BCUT2D eigenvalue weighted by Gasteiger charge is -1.98. The Morgan fingerprint density at radius 3 is 1.75 bits per heavy atom. The molecule has 0 N–H and O–H groups in total. The van der Waals surface area contributed by atoms with Gasteiger partial charge in [-0.3, -0.25) is 0 Å². The van der Waals surface area contributed by atoms with Gasteiger partial charge in [-0.15, -0.1) is 0 Å². The van der Waals surface area contributed by atoms with Gasteiger partial charge in [-0.05, 0) is 23.3 Å². The summed E-state index contributed by atoms with van der Waals surface area (Å²) in [6.45, 7) is 0. The maximum Gasteiger partial charge on any atom is 0.118 e. The van der Waals surface area contributed by atoms with Crippen LogP contribution >= 0.6 is 0 Å². The van der Waals surface area contributed by atoms with Gasteiger partial charge < -0.3 is 4.74 Å². The highest BCUT2D eigenvalue weighted by Gasteiger charge is 1.91. The summed E-state index contributed by atoms with van der Waals surface area (Å²) in [7, 11) is 1.62. The first-order valence-electron chi connectivity index (χ1n) is 6.21. The second-order valence-electron chi connectivity index (χ2n) is 4.00.